The molecular formula is C22H33N3O3. The summed E-state index contributed by atoms with van der Waals surface area (Å²) < 4.78 is 10.9. The molecule has 6 heteroatoms. The number of rotatable bonds is 8. The number of fused-ring (bicyclic) bond motifs is 4. The number of benzene rings is 1. The molecule has 3 saturated heterocycles. The molecule has 6 nitrogen and oxygen atoms in total. The Bertz CT molecular complexity index is 715. The minimum atomic E-state index is -0.496. The van der Waals surface area contributed by atoms with E-state index in [2.05, 4.69) is 29.7 Å². The largest absolute Gasteiger partial charge is 0.493 e. The molecule has 0 spiro atoms. The number of ether oxygens (including phenoxy) is 2. The summed E-state index contributed by atoms with van der Waals surface area (Å²) in [5.74, 6) is 1.43. The monoisotopic (exact) mass is 387 g/mol. The first-order valence-corrected chi connectivity index (χ1v) is 10.1. The van der Waals surface area contributed by atoms with Crippen molar-refractivity contribution < 1.29 is 14.3 Å². The zero-order valence-corrected chi connectivity index (χ0v) is 17.3. The number of methoxy groups -OCH3 is 1. The summed E-state index contributed by atoms with van der Waals surface area (Å²) in [4.78, 5) is 16.2. The van der Waals surface area contributed by atoms with E-state index in [-0.39, 0.29) is 6.61 Å². The number of carbonyl (C=O) groups is 1. The van der Waals surface area contributed by atoms with Gasteiger partial charge >= 0.3 is 0 Å². The van der Waals surface area contributed by atoms with E-state index in [9.17, 15) is 4.79 Å². The van der Waals surface area contributed by atoms with Crippen LogP contribution in [-0.2, 0) is 11.3 Å². The summed E-state index contributed by atoms with van der Waals surface area (Å²) in [6.45, 7) is 9.62. The zero-order chi connectivity index (χ0) is 20.1. The van der Waals surface area contributed by atoms with Crippen molar-refractivity contribution in [2.45, 2.75) is 39.3 Å². The van der Waals surface area contributed by atoms with Gasteiger partial charge in [-0.1, -0.05) is 17.7 Å². The zero-order valence-electron chi connectivity index (χ0n) is 17.3. The first kappa shape index (κ1) is 20.7. The highest BCUT2D eigenvalue weighted by Gasteiger charge is 2.34. The average molecular weight is 388 g/mol. The summed E-state index contributed by atoms with van der Waals surface area (Å²) in [5.41, 5.74) is 7.75. The fraction of sp³-hybridized carbons (Fsp3) is 0.591. The maximum atomic E-state index is 11.0. The van der Waals surface area contributed by atoms with Crippen molar-refractivity contribution in [3.63, 3.8) is 0 Å². The number of carbonyl (C=O) groups excluding carboxylic acids is 1. The lowest BCUT2D eigenvalue weighted by atomic mass is 9.95. The van der Waals surface area contributed by atoms with Gasteiger partial charge in [-0.25, -0.2) is 0 Å². The molecule has 3 aliphatic rings. The standard InChI is InChI=1S/C22H33N3O3/c1-16(2)8-9-25-13-18-4-6-19(25)14-24(12-18)11-17-5-7-20(21(10-17)27-3)28-15-22(23)26/h5,7-8,10,18-19H,4,6,9,11-15H2,1-3H3,(H2,23,26)/t18-,19+/m0/s1. The highest BCUT2D eigenvalue weighted by atomic mass is 16.5. The van der Waals surface area contributed by atoms with Gasteiger partial charge in [0.05, 0.1) is 7.11 Å². The van der Waals surface area contributed by atoms with Gasteiger partial charge in [-0.15, -0.1) is 0 Å². The van der Waals surface area contributed by atoms with Crippen LogP contribution in [0.25, 0.3) is 0 Å². The molecule has 1 aromatic carbocycles. The van der Waals surface area contributed by atoms with Gasteiger partial charge in [0.25, 0.3) is 5.91 Å². The summed E-state index contributed by atoms with van der Waals surface area (Å²) >= 11 is 0. The minimum absolute atomic E-state index is 0.146. The Kier molecular flexibility index (Phi) is 6.97. The summed E-state index contributed by atoms with van der Waals surface area (Å²) in [7, 11) is 1.61. The third kappa shape index (κ3) is 5.49. The van der Waals surface area contributed by atoms with Crippen molar-refractivity contribution in [3.8, 4) is 11.5 Å². The van der Waals surface area contributed by atoms with E-state index < -0.39 is 5.91 Å². The van der Waals surface area contributed by atoms with E-state index in [0.717, 1.165) is 32.1 Å². The second-order valence-electron chi connectivity index (χ2n) is 8.27. The predicted molar refractivity (Wildman–Crippen MR) is 110 cm³/mol. The van der Waals surface area contributed by atoms with Crippen LogP contribution in [0.2, 0.25) is 0 Å². The third-order valence-electron chi connectivity index (χ3n) is 5.64. The van der Waals surface area contributed by atoms with Crippen molar-refractivity contribution in [2.75, 3.05) is 39.9 Å². The number of primary amides is 1. The number of nitrogens with two attached hydrogens (primary N) is 1. The van der Waals surface area contributed by atoms with E-state index in [0.29, 0.717) is 17.5 Å². The molecule has 0 radical (unpaired) electrons. The third-order valence-corrected chi connectivity index (χ3v) is 5.64. The van der Waals surface area contributed by atoms with Crippen LogP contribution in [0.15, 0.2) is 29.8 Å². The quantitative estimate of drug-likeness (QED) is 0.694. The van der Waals surface area contributed by atoms with Crippen LogP contribution < -0.4 is 15.2 Å². The molecule has 28 heavy (non-hydrogen) atoms. The van der Waals surface area contributed by atoms with E-state index >= 15 is 0 Å². The van der Waals surface area contributed by atoms with Crippen molar-refractivity contribution in [1.82, 2.24) is 9.80 Å². The minimum Gasteiger partial charge on any atom is -0.493 e. The Hall–Kier alpha value is -2.05. The molecule has 1 amide bonds. The smallest absolute Gasteiger partial charge is 0.255 e. The summed E-state index contributed by atoms with van der Waals surface area (Å²) in [6.07, 6.45) is 4.97. The number of hydrogen-bond acceptors (Lipinski definition) is 5. The maximum absolute atomic E-state index is 11.0. The average Bonchev–Trinajstić information content (AvgIpc) is 2.95. The van der Waals surface area contributed by atoms with Crippen molar-refractivity contribution in [1.29, 1.82) is 0 Å². The molecule has 3 fully saturated rings. The van der Waals surface area contributed by atoms with Gasteiger partial charge in [0, 0.05) is 38.8 Å². The van der Waals surface area contributed by atoms with Gasteiger partial charge in [-0.3, -0.25) is 14.6 Å². The fourth-order valence-electron chi connectivity index (χ4n) is 4.27. The Labute approximate surface area is 168 Å². The predicted octanol–water partition coefficient (Wildman–Crippen LogP) is 2.42. The highest BCUT2D eigenvalue weighted by Crippen LogP contribution is 2.31. The molecule has 2 atom stereocenters. The number of amides is 1. The van der Waals surface area contributed by atoms with Crippen LogP contribution >= 0.6 is 0 Å². The molecule has 4 rings (SSSR count). The summed E-state index contributed by atoms with van der Waals surface area (Å²) in [5, 5.41) is 0. The fourth-order valence-corrected chi connectivity index (χ4v) is 4.27. The second kappa shape index (κ2) is 9.43. The van der Waals surface area contributed by atoms with E-state index in [1.165, 1.54) is 30.5 Å². The highest BCUT2D eigenvalue weighted by molar-refractivity contribution is 5.75. The lowest BCUT2D eigenvalue weighted by Gasteiger charge is -2.35. The Morgan fingerprint density at radius 2 is 2.04 bits per heavy atom. The SMILES string of the molecule is COc1cc(CN2C[C@@H]3CC[C@H](C2)N(CC=C(C)C)C3)ccc1OCC(N)=O. The number of nitrogens with zero attached hydrogens (tertiary/aromatic N) is 2. The Morgan fingerprint density at radius 3 is 2.75 bits per heavy atom. The van der Waals surface area contributed by atoms with Crippen molar-refractivity contribution in [2.24, 2.45) is 11.7 Å². The van der Waals surface area contributed by atoms with Crippen molar-refractivity contribution >= 4 is 5.91 Å². The van der Waals surface area contributed by atoms with Crippen LogP contribution in [0.4, 0.5) is 0 Å². The molecule has 3 heterocycles. The second-order valence-corrected chi connectivity index (χ2v) is 8.27. The molecule has 2 N–H and O–H groups in total. The molecular weight excluding hydrogens is 354 g/mol. The van der Waals surface area contributed by atoms with E-state index in [1.54, 1.807) is 7.11 Å². The van der Waals surface area contributed by atoms with Crippen LogP contribution in [0, 0.1) is 5.92 Å². The molecule has 154 valence electrons. The molecule has 0 aliphatic carbocycles. The van der Waals surface area contributed by atoms with Crippen LogP contribution in [0.5, 0.6) is 11.5 Å². The van der Waals surface area contributed by atoms with Gasteiger partial charge in [0.2, 0.25) is 0 Å². The molecule has 0 unspecified atom stereocenters. The number of piperidine rings is 1. The molecule has 0 aromatic heterocycles. The summed E-state index contributed by atoms with van der Waals surface area (Å²) in [6, 6.07) is 6.55. The molecule has 0 saturated carbocycles. The first-order valence-electron chi connectivity index (χ1n) is 10.1. The van der Waals surface area contributed by atoms with E-state index in [4.69, 9.17) is 15.2 Å². The van der Waals surface area contributed by atoms with Crippen LogP contribution in [0.1, 0.15) is 32.3 Å². The van der Waals surface area contributed by atoms with Gasteiger partial charge in [0.1, 0.15) is 0 Å². The van der Waals surface area contributed by atoms with E-state index in [1.807, 2.05) is 18.2 Å². The Morgan fingerprint density at radius 1 is 1.21 bits per heavy atom. The van der Waals surface area contributed by atoms with Gasteiger partial charge in [-0.05, 0) is 50.3 Å². The van der Waals surface area contributed by atoms with Crippen molar-refractivity contribution in [3.05, 3.63) is 35.4 Å². The topological polar surface area (TPSA) is 68.0 Å². The lowest BCUT2D eigenvalue weighted by Crippen LogP contribution is -2.43. The lowest BCUT2D eigenvalue weighted by molar-refractivity contribution is -0.119. The molecule has 3 aliphatic heterocycles. The molecule has 1 aromatic rings. The van der Waals surface area contributed by atoms with Gasteiger partial charge in [-0.2, -0.15) is 0 Å². The first-order chi connectivity index (χ1) is 13.4. The normalized spacial score (nSPS) is 22.5. The van der Waals surface area contributed by atoms with Crippen LogP contribution in [0.3, 0.4) is 0 Å². The number of allylic oxidation sites excluding steroid dienone is 1. The van der Waals surface area contributed by atoms with Crippen LogP contribution in [-0.4, -0.2) is 61.6 Å². The molecule has 2 bridgehead atoms. The Balaban J connectivity index is 1.65. The van der Waals surface area contributed by atoms with Gasteiger partial charge in [0.15, 0.2) is 18.1 Å². The maximum Gasteiger partial charge on any atom is 0.255 e. The van der Waals surface area contributed by atoms with Gasteiger partial charge < -0.3 is 15.2 Å². The number of hydrogen-bond donors (Lipinski definition) is 1.